The van der Waals surface area contributed by atoms with Gasteiger partial charge in [0.05, 0.1) is 10.2 Å². The molecule has 1 aromatic heterocycles. The number of hydrogen-bond acceptors (Lipinski definition) is 5. The fraction of sp³-hybridized carbons (Fsp3) is 0.400. The van der Waals surface area contributed by atoms with E-state index in [4.69, 9.17) is 0 Å². The predicted molar refractivity (Wildman–Crippen MR) is 132 cm³/mol. The van der Waals surface area contributed by atoms with E-state index in [9.17, 15) is 9.59 Å². The Morgan fingerprint density at radius 2 is 1.84 bits per heavy atom. The average molecular weight is 451 g/mol. The highest BCUT2D eigenvalue weighted by Crippen LogP contribution is 2.27. The van der Waals surface area contributed by atoms with Crippen LogP contribution in [-0.2, 0) is 16.0 Å². The molecule has 2 aromatic carbocycles. The monoisotopic (exact) mass is 450 g/mol. The zero-order valence-corrected chi connectivity index (χ0v) is 19.8. The summed E-state index contributed by atoms with van der Waals surface area (Å²) >= 11 is 1.47. The lowest BCUT2D eigenvalue weighted by atomic mass is 10.1. The van der Waals surface area contributed by atoms with Gasteiger partial charge in [0.25, 0.3) is 0 Å². The summed E-state index contributed by atoms with van der Waals surface area (Å²) in [6.45, 7) is 9.36. The lowest BCUT2D eigenvalue weighted by Crippen LogP contribution is -2.49. The minimum Gasteiger partial charge on any atom is -0.368 e. The van der Waals surface area contributed by atoms with E-state index in [2.05, 4.69) is 53.3 Å². The van der Waals surface area contributed by atoms with Crippen molar-refractivity contribution in [3.63, 3.8) is 0 Å². The minimum atomic E-state index is -0.0347. The summed E-state index contributed by atoms with van der Waals surface area (Å²) in [4.78, 5) is 33.2. The summed E-state index contributed by atoms with van der Waals surface area (Å²) in [7, 11) is 0. The fourth-order valence-corrected chi connectivity index (χ4v) is 5.00. The molecular formula is C25H30N4O2S. The lowest BCUT2D eigenvalue weighted by Gasteiger charge is -2.37. The highest BCUT2D eigenvalue weighted by atomic mass is 32.1. The van der Waals surface area contributed by atoms with Crippen molar-refractivity contribution < 1.29 is 9.59 Å². The molecule has 168 valence electrons. The Morgan fingerprint density at radius 3 is 2.59 bits per heavy atom. The molecule has 0 atom stereocenters. The van der Waals surface area contributed by atoms with Crippen LogP contribution >= 0.6 is 11.3 Å². The molecule has 1 aliphatic heterocycles. The van der Waals surface area contributed by atoms with Crippen LogP contribution in [0.2, 0.25) is 0 Å². The number of amides is 2. The van der Waals surface area contributed by atoms with Gasteiger partial charge in [-0.1, -0.05) is 36.5 Å². The van der Waals surface area contributed by atoms with Crippen molar-refractivity contribution in [2.75, 3.05) is 36.4 Å². The lowest BCUT2D eigenvalue weighted by molar-refractivity contribution is -0.131. The number of anilines is 2. The molecular weight excluding hydrogens is 420 g/mol. The molecule has 0 unspecified atom stereocenters. The van der Waals surface area contributed by atoms with E-state index in [1.54, 1.807) is 0 Å². The first-order valence-corrected chi connectivity index (χ1v) is 12.0. The Labute approximate surface area is 193 Å². The molecule has 0 radical (unpaired) electrons. The van der Waals surface area contributed by atoms with Gasteiger partial charge in [-0.25, -0.2) is 4.98 Å². The van der Waals surface area contributed by atoms with Crippen LogP contribution in [0.25, 0.3) is 10.2 Å². The van der Waals surface area contributed by atoms with Gasteiger partial charge in [-0.2, -0.15) is 0 Å². The van der Waals surface area contributed by atoms with Crippen LogP contribution in [0.15, 0.2) is 36.4 Å². The molecule has 3 aromatic rings. The third-order valence-electron chi connectivity index (χ3n) is 5.99. The van der Waals surface area contributed by atoms with Crippen molar-refractivity contribution in [3.05, 3.63) is 53.1 Å². The van der Waals surface area contributed by atoms with Gasteiger partial charge in [-0.3, -0.25) is 9.59 Å². The van der Waals surface area contributed by atoms with E-state index in [0.717, 1.165) is 42.0 Å². The number of aromatic nitrogens is 1. The third-order valence-corrected chi connectivity index (χ3v) is 6.92. The number of aryl methyl sites for hydroxylation is 3. The normalized spacial score (nSPS) is 14.1. The number of nitrogens with zero attached hydrogens (tertiary/aromatic N) is 3. The second-order valence-electron chi connectivity index (χ2n) is 8.38. The standard InChI is InChI=1S/C25H30N4O2S/c1-4-23(30)27-25-26-20-9-7-19(16-22(20)32-25)8-10-24(31)29-13-11-28(12-14-29)21-15-17(2)5-6-18(21)3/h5-7,9,15-16H,4,8,10-14H2,1-3H3,(H,26,27,30). The molecule has 0 bridgehead atoms. The highest BCUT2D eigenvalue weighted by Gasteiger charge is 2.22. The van der Waals surface area contributed by atoms with Gasteiger partial charge >= 0.3 is 0 Å². The Bertz CT molecular complexity index is 1130. The van der Waals surface area contributed by atoms with Gasteiger partial charge in [0.1, 0.15) is 0 Å². The van der Waals surface area contributed by atoms with Crippen LogP contribution in [0.1, 0.15) is 36.5 Å². The molecule has 0 spiro atoms. The smallest absolute Gasteiger partial charge is 0.225 e. The van der Waals surface area contributed by atoms with Crippen molar-refractivity contribution >= 4 is 44.2 Å². The van der Waals surface area contributed by atoms with E-state index in [1.807, 2.05) is 24.0 Å². The van der Waals surface area contributed by atoms with Crippen LogP contribution in [-0.4, -0.2) is 47.9 Å². The zero-order valence-electron chi connectivity index (χ0n) is 19.0. The van der Waals surface area contributed by atoms with Gasteiger partial charge in [0, 0.05) is 44.7 Å². The Balaban J connectivity index is 1.31. The summed E-state index contributed by atoms with van der Waals surface area (Å²) in [5, 5.41) is 3.45. The van der Waals surface area contributed by atoms with E-state index in [1.165, 1.54) is 28.2 Å². The van der Waals surface area contributed by atoms with E-state index in [0.29, 0.717) is 24.4 Å². The molecule has 0 saturated carbocycles. The van der Waals surface area contributed by atoms with Gasteiger partial charge in [-0.15, -0.1) is 0 Å². The summed E-state index contributed by atoms with van der Waals surface area (Å²) in [6, 6.07) is 12.6. The Morgan fingerprint density at radius 1 is 1.06 bits per heavy atom. The summed E-state index contributed by atoms with van der Waals surface area (Å²) in [6.07, 6.45) is 1.65. The number of piperazine rings is 1. The minimum absolute atomic E-state index is 0.0347. The molecule has 4 rings (SSSR count). The molecule has 7 heteroatoms. The second kappa shape index (κ2) is 9.69. The van der Waals surface area contributed by atoms with E-state index < -0.39 is 0 Å². The number of carbonyl (C=O) groups is 2. The van der Waals surface area contributed by atoms with Gasteiger partial charge in [0.15, 0.2) is 5.13 Å². The molecule has 2 heterocycles. The predicted octanol–water partition coefficient (Wildman–Crippen LogP) is 4.54. The second-order valence-corrected chi connectivity index (χ2v) is 9.41. The SMILES string of the molecule is CCC(=O)Nc1nc2ccc(CCC(=O)N3CCN(c4cc(C)ccc4C)CC3)cc2s1. The molecule has 0 aliphatic carbocycles. The Kier molecular flexibility index (Phi) is 6.74. The first kappa shape index (κ1) is 22.3. The summed E-state index contributed by atoms with van der Waals surface area (Å²) in [5.74, 6) is 0.179. The van der Waals surface area contributed by atoms with E-state index >= 15 is 0 Å². The fourth-order valence-electron chi connectivity index (χ4n) is 4.05. The van der Waals surface area contributed by atoms with Crippen LogP contribution in [0.3, 0.4) is 0 Å². The summed E-state index contributed by atoms with van der Waals surface area (Å²) in [5.41, 5.74) is 5.83. The number of thiazole rings is 1. The molecule has 32 heavy (non-hydrogen) atoms. The van der Waals surface area contributed by atoms with Crippen molar-refractivity contribution in [3.8, 4) is 0 Å². The molecule has 1 N–H and O–H groups in total. The Hall–Kier alpha value is -2.93. The molecule has 2 amide bonds. The van der Waals surface area contributed by atoms with Gasteiger partial charge in [-0.05, 0) is 55.2 Å². The van der Waals surface area contributed by atoms with Gasteiger partial charge < -0.3 is 15.1 Å². The maximum absolute atomic E-state index is 12.8. The average Bonchev–Trinajstić information content (AvgIpc) is 3.20. The number of benzene rings is 2. The topological polar surface area (TPSA) is 65.5 Å². The quantitative estimate of drug-likeness (QED) is 0.599. The molecule has 1 saturated heterocycles. The van der Waals surface area contributed by atoms with Crippen molar-refractivity contribution in [2.24, 2.45) is 0 Å². The number of fused-ring (bicyclic) bond motifs is 1. The molecule has 6 nitrogen and oxygen atoms in total. The number of hydrogen-bond donors (Lipinski definition) is 1. The van der Waals surface area contributed by atoms with Crippen LogP contribution < -0.4 is 10.2 Å². The highest BCUT2D eigenvalue weighted by molar-refractivity contribution is 7.22. The molecule has 1 aliphatic rings. The van der Waals surface area contributed by atoms with Crippen molar-refractivity contribution in [1.82, 2.24) is 9.88 Å². The maximum Gasteiger partial charge on any atom is 0.225 e. The first-order valence-electron chi connectivity index (χ1n) is 11.2. The largest absolute Gasteiger partial charge is 0.368 e. The molecule has 1 fully saturated rings. The van der Waals surface area contributed by atoms with Crippen molar-refractivity contribution in [1.29, 1.82) is 0 Å². The van der Waals surface area contributed by atoms with Crippen molar-refractivity contribution in [2.45, 2.75) is 40.0 Å². The van der Waals surface area contributed by atoms with Crippen LogP contribution in [0, 0.1) is 13.8 Å². The maximum atomic E-state index is 12.8. The number of rotatable bonds is 6. The van der Waals surface area contributed by atoms with E-state index in [-0.39, 0.29) is 11.8 Å². The first-order chi connectivity index (χ1) is 15.4. The van der Waals surface area contributed by atoms with Crippen LogP contribution in [0.4, 0.5) is 10.8 Å². The zero-order chi connectivity index (χ0) is 22.7. The van der Waals surface area contributed by atoms with Crippen LogP contribution in [0.5, 0.6) is 0 Å². The van der Waals surface area contributed by atoms with Gasteiger partial charge in [0.2, 0.25) is 11.8 Å². The number of nitrogens with one attached hydrogen (secondary N) is 1. The number of carbonyl (C=O) groups excluding carboxylic acids is 2. The third kappa shape index (κ3) is 5.10. The summed E-state index contributed by atoms with van der Waals surface area (Å²) < 4.78 is 1.03.